The number of ether oxygens (including phenoxy) is 1. The third kappa shape index (κ3) is 4.87. The van der Waals surface area contributed by atoms with E-state index in [1.165, 1.54) is 9.75 Å². The van der Waals surface area contributed by atoms with Gasteiger partial charge >= 0.3 is 0 Å². The lowest BCUT2D eigenvalue weighted by Crippen LogP contribution is -2.42. The van der Waals surface area contributed by atoms with Gasteiger partial charge in [-0.15, -0.1) is 11.3 Å². The normalized spacial score (nSPS) is 17.6. The quantitative estimate of drug-likeness (QED) is 0.873. The Morgan fingerprint density at radius 1 is 1.33 bits per heavy atom. The molecular weight excluding hydrogens is 322 g/mol. The number of nitrogens with one attached hydrogen (secondary N) is 1. The highest BCUT2D eigenvalue weighted by Gasteiger charge is 2.22. The predicted octanol–water partition coefficient (Wildman–Crippen LogP) is 2.36. The Kier molecular flexibility index (Phi) is 5.96. The second-order valence-electron chi connectivity index (χ2n) is 6.02. The van der Waals surface area contributed by atoms with Gasteiger partial charge in [0, 0.05) is 41.8 Å². The number of nitrogens with zero attached hydrogens (tertiary/aromatic N) is 2. The molecule has 2 aromatic rings. The maximum absolute atomic E-state index is 12.8. The van der Waals surface area contributed by atoms with Crippen LogP contribution in [0.2, 0.25) is 0 Å². The molecule has 5 nitrogen and oxygen atoms in total. The number of rotatable bonds is 6. The summed E-state index contributed by atoms with van der Waals surface area (Å²) in [4.78, 5) is 21.3. The van der Waals surface area contributed by atoms with Crippen molar-refractivity contribution in [3.63, 3.8) is 0 Å². The first-order chi connectivity index (χ1) is 11.7. The molecule has 6 heteroatoms. The Balaban J connectivity index is 1.68. The number of aromatic nitrogens is 1. The van der Waals surface area contributed by atoms with Crippen LogP contribution in [0.1, 0.15) is 21.7 Å². The number of hydrogen-bond acceptors (Lipinski definition) is 5. The van der Waals surface area contributed by atoms with Gasteiger partial charge in [-0.2, -0.15) is 0 Å². The molecule has 1 atom stereocenters. The Labute approximate surface area is 146 Å². The van der Waals surface area contributed by atoms with Gasteiger partial charge in [0.2, 0.25) is 5.91 Å². The molecule has 0 aliphatic carbocycles. The molecule has 2 aromatic heterocycles. The van der Waals surface area contributed by atoms with Gasteiger partial charge in [-0.3, -0.25) is 9.78 Å². The molecule has 0 aromatic carbocycles. The summed E-state index contributed by atoms with van der Waals surface area (Å²) < 4.78 is 5.69. The highest BCUT2D eigenvalue weighted by Crippen LogP contribution is 2.19. The van der Waals surface area contributed by atoms with Crippen molar-refractivity contribution >= 4 is 17.2 Å². The summed E-state index contributed by atoms with van der Waals surface area (Å²) in [6.45, 7) is 5.60. The van der Waals surface area contributed by atoms with Crippen molar-refractivity contribution in [3.8, 4) is 0 Å². The number of morpholine rings is 1. The monoisotopic (exact) mass is 345 g/mol. The van der Waals surface area contributed by atoms with Gasteiger partial charge in [-0.25, -0.2) is 0 Å². The minimum Gasteiger partial charge on any atom is -0.375 e. The van der Waals surface area contributed by atoms with Crippen LogP contribution >= 0.6 is 11.3 Å². The summed E-state index contributed by atoms with van der Waals surface area (Å²) in [5, 5.41) is 3.28. The summed E-state index contributed by atoms with van der Waals surface area (Å²) in [7, 11) is 0. The second kappa shape index (κ2) is 8.37. The van der Waals surface area contributed by atoms with Crippen molar-refractivity contribution in [3.05, 3.63) is 52.0 Å². The molecule has 1 fully saturated rings. The first-order valence-corrected chi connectivity index (χ1v) is 9.06. The fraction of sp³-hybridized carbons (Fsp3) is 0.444. The molecule has 0 radical (unpaired) electrons. The van der Waals surface area contributed by atoms with E-state index in [2.05, 4.69) is 29.4 Å². The van der Waals surface area contributed by atoms with Crippen LogP contribution in [0.3, 0.4) is 0 Å². The highest BCUT2D eigenvalue weighted by atomic mass is 32.1. The molecular formula is C18H23N3O2S. The van der Waals surface area contributed by atoms with Crippen LogP contribution in [0.4, 0.5) is 0 Å². The number of carbonyl (C=O) groups excluding carboxylic acids is 1. The van der Waals surface area contributed by atoms with E-state index >= 15 is 0 Å². The standard InChI is InChI=1S/C18H23N3O2S/c1-14-2-3-17(24-14)13-21(12-15-4-6-19-7-5-15)18(22)10-16-11-20-8-9-23-16/h2-7,16,20H,8-13H2,1H3. The number of amides is 1. The molecule has 0 saturated carbocycles. The van der Waals surface area contributed by atoms with E-state index in [0.29, 0.717) is 26.1 Å². The van der Waals surface area contributed by atoms with Gasteiger partial charge in [0.1, 0.15) is 0 Å². The number of carbonyl (C=O) groups is 1. The van der Waals surface area contributed by atoms with Gasteiger partial charge in [-0.05, 0) is 36.8 Å². The van der Waals surface area contributed by atoms with Crippen molar-refractivity contribution in [2.45, 2.75) is 32.5 Å². The van der Waals surface area contributed by atoms with Gasteiger partial charge in [-0.1, -0.05) is 0 Å². The molecule has 3 rings (SSSR count). The summed E-state index contributed by atoms with van der Waals surface area (Å²) in [6, 6.07) is 8.12. The first-order valence-electron chi connectivity index (χ1n) is 8.25. The van der Waals surface area contributed by atoms with Crippen LogP contribution in [-0.2, 0) is 22.6 Å². The molecule has 128 valence electrons. The number of aryl methyl sites for hydroxylation is 1. The average Bonchev–Trinajstić information content (AvgIpc) is 3.01. The zero-order valence-electron chi connectivity index (χ0n) is 13.9. The van der Waals surface area contributed by atoms with Crippen molar-refractivity contribution in [1.82, 2.24) is 15.2 Å². The van der Waals surface area contributed by atoms with E-state index < -0.39 is 0 Å². The molecule has 1 saturated heterocycles. The fourth-order valence-electron chi connectivity index (χ4n) is 2.77. The Hall–Kier alpha value is -1.76. The van der Waals surface area contributed by atoms with Gasteiger partial charge in [0.25, 0.3) is 0 Å². The summed E-state index contributed by atoms with van der Waals surface area (Å²) in [5.74, 6) is 0.131. The summed E-state index contributed by atoms with van der Waals surface area (Å²) in [6.07, 6.45) is 3.92. The van der Waals surface area contributed by atoms with Crippen LogP contribution < -0.4 is 5.32 Å². The van der Waals surface area contributed by atoms with Crippen LogP contribution in [0.15, 0.2) is 36.7 Å². The molecule has 0 spiro atoms. The Bertz CT molecular complexity index is 653. The van der Waals surface area contributed by atoms with Gasteiger partial charge in [0.15, 0.2) is 0 Å². The van der Waals surface area contributed by atoms with E-state index in [-0.39, 0.29) is 12.0 Å². The number of pyridine rings is 1. The zero-order chi connectivity index (χ0) is 16.8. The average molecular weight is 345 g/mol. The molecule has 3 heterocycles. The molecule has 1 unspecified atom stereocenters. The zero-order valence-corrected chi connectivity index (χ0v) is 14.7. The molecule has 1 N–H and O–H groups in total. The van der Waals surface area contributed by atoms with Crippen LogP contribution in [0, 0.1) is 6.92 Å². The number of hydrogen-bond donors (Lipinski definition) is 1. The van der Waals surface area contributed by atoms with Gasteiger partial charge in [0.05, 0.1) is 25.7 Å². The molecule has 1 aliphatic rings. The lowest BCUT2D eigenvalue weighted by molar-refractivity contribution is -0.136. The fourth-order valence-corrected chi connectivity index (χ4v) is 3.68. The minimum absolute atomic E-state index is 0.0312. The smallest absolute Gasteiger partial charge is 0.225 e. The van der Waals surface area contributed by atoms with Crippen LogP contribution in [0.25, 0.3) is 0 Å². The lowest BCUT2D eigenvalue weighted by Gasteiger charge is -2.27. The second-order valence-corrected chi connectivity index (χ2v) is 7.39. The number of thiophene rings is 1. The molecule has 1 amide bonds. The van der Waals surface area contributed by atoms with E-state index in [4.69, 9.17) is 4.74 Å². The highest BCUT2D eigenvalue weighted by molar-refractivity contribution is 7.11. The molecule has 24 heavy (non-hydrogen) atoms. The largest absolute Gasteiger partial charge is 0.375 e. The van der Waals surface area contributed by atoms with Crippen molar-refractivity contribution in [1.29, 1.82) is 0 Å². The third-order valence-corrected chi connectivity index (χ3v) is 5.01. The van der Waals surface area contributed by atoms with E-state index in [1.807, 2.05) is 17.0 Å². The topological polar surface area (TPSA) is 54.5 Å². The van der Waals surface area contributed by atoms with Gasteiger partial charge < -0.3 is 15.0 Å². The molecule has 1 aliphatic heterocycles. The van der Waals surface area contributed by atoms with Crippen molar-refractivity contribution in [2.24, 2.45) is 0 Å². The predicted molar refractivity (Wildman–Crippen MR) is 94.8 cm³/mol. The van der Waals surface area contributed by atoms with Crippen LogP contribution in [-0.4, -0.2) is 41.6 Å². The lowest BCUT2D eigenvalue weighted by atomic mass is 10.1. The summed E-state index contributed by atoms with van der Waals surface area (Å²) in [5.41, 5.74) is 1.09. The van der Waals surface area contributed by atoms with E-state index in [1.54, 1.807) is 23.7 Å². The Morgan fingerprint density at radius 2 is 2.17 bits per heavy atom. The maximum atomic E-state index is 12.8. The van der Waals surface area contributed by atoms with E-state index in [0.717, 1.165) is 18.7 Å². The van der Waals surface area contributed by atoms with E-state index in [9.17, 15) is 4.79 Å². The Morgan fingerprint density at radius 3 is 2.83 bits per heavy atom. The minimum atomic E-state index is -0.0312. The SMILES string of the molecule is Cc1ccc(CN(Cc2ccncc2)C(=O)CC2CNCCO2)s1. The molecule has 0 bridgehead atoms. The van der Waals surface area contributed by atoms with Crippen molar-refractivity contribution in [2.75, 3.05) is 19.7 Å². The first kappa shape index (κ1) is 17.1. The third-order valence-electron chi connectivity index (χ3n) is 4.02. The van der Waals surface area contributed by atoms with Crippen LogP contribution in [0.5, 0.6) is 0 Å². The summed E-state index contributed by atoms with van der Waals surface area (Å²) >= 11 is 1.74. The maximum Gasteiger partial charge on any atom is 0.225 e. The van der Waals surface area contributed by atoms with Crippen molar-refractivity contribution < 1.29 is 9.53 Å².